The molecule has 6 nitrogen and oxygen atoms in total. The summed E-state index contributed by atoms with van der Waals surface area (Å²) in [4.78, 5) is 22.7. The Balaban J connectivity index is 1.95. The van der Waals surface area contributed by atoms with E-state index in [1.807, 2.05) is 0 Å². The van der Waals surface area contributed by atoms with Crippen LogP contribution in [-0.2, 0) is 16.0 Å². The first-order valence-corrected chi connectivity index (χ1v) is 8.23. The fourth-order valence-corrected chi connectivity index (χ4v) is 2.41. The lowest BCUT2D eigenvalue weighted by Crippen LogP contribution is -2.18. The zero-order chi connectivity index (χ0) is 20.7. The molecule has 2 N–H and O–H groups in total. The van der Waals surface area contributed by atoms with E-state index in [9.17, 15) is 22.8 Å². The monoisotopic (exact) mass is 397 g/mol. The molecule has 0 saturated heterocycles. The third-order valence-corrected chi connectivity index (χ3v) is 3.65. The molecule has 0 unspecified atom stereocenters. The molecule has 2 aromatic rings. The summed E-state index contributed by atoms with van der Waals surface area (Å²) in [6.45, 7) is 1.22. The number of benzene rings is 2. The zero-order valence-corrected chi connectivity index (χ0v) is 14.9. The maximum atomic E-state index is 12.4. The molecule has 0 bridgehead atoms. The van der Waals surface area contributed by atoms with Gasteiger partial charge in [0, 0.05) is 12.1 Å². The van der Waals surface area contributed by atoms with Crippen LogP contribution < -0.4 is 14.8 Å². The molecule has 0 saturated carbocycles. The number of carboxylic acids is 1. The number of anilines is 1. The lowest BCUT2D eigenvalue weighted by atomic mass is 10.1. The number of aryl methyl sites for hydroxylation is 2. The first-order valence-electron chi connectivity index (χ1n) is 8.23. The molecule has 0 radical (unpaired) electrons. The SMILES string of the molecule is Cc1cc(OCC(=O)O)ccc1NC(=O)CCc1ccccc1OC(F)(F)F. The number of hydrogen-bond acceptors (Lipinski definition) is 4. The van der Waals surface area contributed by atoms with Crippen molar-refractivity contribution in [3.8, 4) is 11.5 Å². The van der Waals surface area contributed by atoms with E-state index in [-0.39, 0.29) is 30.1 Å². The van der Waals surface area contributed by atoms with E-state index in [1.165, 1.54) is 24.3 Å². The molecule has 9 heteroatoms. The smallest absolute Gasteiger partial charge is 0.482 e. The van der Waals surface area contributed by atoms with Gasteiger partial charge in [-0.2, -0.15) is 0 Å². The van der Waals surface area contributed by atoms with E-state index in [2.05, 4.69) is 10.1 Å². The predicted molar refractivity (Wildman–Crippen MR) is 94.4 cm³/mol. The minimum absolute atomic E-state index is 0.0467. The van der Waals surface area contributed by atoms with Crippen molar-refractivity contribution in [2.45, 2.75) is 26.1 Å². The van der Waals surface area contributed by atoms with Crippen molar-refractivity contribution in [2.24, 2.45) is 0 Å². The highest BCUT2D eigenvalue weighted by atomic mass is 19.4. The molecule has 0 fully saturated rings. The van der Waals surface area contributed by atoms with Crippen LogP contribution in [0.2, 0.25) is 0 Å². The number of carboxylic acid groups (broad SMARTS) is 1. The van der Waals surface area contributed by atoms with E-state index in [4.69, 9.17) is 9.84 Å². The second kappa shape index (κ2) is 9.12. The van der Waals surface area contributed by atoms with Gasteiger partial charge in [-0.1, -0.05) is 18.2 Å². The summed E-state index contributed by atoms with van der Waals surface area (Å²) >= 11 is 0. The molecule has 2 aromatic carbocycles. The van der Waals surface area contributed by atoms with Crippen molar-refractivity contribution in [1.29, 1.82) is 0 Å². The quantitative estimate of drug-likeness (QED) is 0.705. The van der Waals surface area contributed by atoms with Crippen molar-refractivity contribution in [2.75, 3.05) is 11.9 Å². The standard InChI is InChI=1S/C19H18F3NO5/c1-12-10-14(27-11-18(25)26)7-8-15(12)23-17(24)9-6-13-4-2-3-5-16(13)28-19(20,21)22/h2-5,7-8,10H,6,9,11H2,1H3,(H,23,24)(H,25,26). The summed E-state index contributed by atoms with van der Waals surface area (Å²) in [6.07, 6.45) is -4.79. The Morgan fingerprint density at radius 3 is 2.50 bits per heavy atom. The molecular weight excluding hydrogens is 379 g/mol. The van der Waals surface area contributed by atoms with Crippen LogP contribution in [-0.4, -0.2) is 30.0 Å². The number of rotatable bonds is 8. The van der Waals surface area contributed by atoms with Crippen LogP contribution in [0.25, 0.3) is 0 Å². The minimum Gasteiger partial charge on any atom is -0.482 e. The first kappa shape index (κ1) is 21.1. The number of aliphatic carboxylic acids is 1. The van der Waals surface area contributed by atoms with Crippen molar-refractivity contribution in [3.05, 3.63) is 53.6 Å². The van der Waals surface area contributed by atoms with Crippen LogP contribution in [0.4, 0.5) is 18.9 Å². The van der Waals surface area contributed by atoms with Crippen molar-refractivity contribution in [3.63, 3.8) is 0 Å². The maximum absolute atomic E-state index is 12.4. The molecule has 2 rings (SSSR count). The van der Waals surface area contributed by atoms with Gasteiger partial charge >= 0.3 is 12.3 Å². The number of halogens is 3. The highest BCUT2D eigenvalue weighted by Crippen LogP contribution is 2.27. The molecule has 0 aliphatic heterocycles. The summed E-state index contributed by atoms with van der Waals surface area (Å²) < 4.78 is 46.3. The lowest BCUT2D eigenvalue weighted by Gasteiger charge is -2.13. The predicted octanol–water partition coefficient (Wildman–Crippen LogP) is 3.93. The van der Waals surface area contributed by atoms with E-state index < -0.39 is 18.9 Å². The van der Waals surface area contributed by atoms with Gasteiger partial charge in [-0.25, -0.2) is 4.79 Å². The van der Waals surface area contributed by atoms with E-state index in [0.29, 0.717) is 17.0 Å². The van der Waals surface area contributed by atoms with Crippen LogP contribution in [0.5, 0.6) is 11.5 Å². The van der Waals surface area contributed by atoms with Gasteiger partial charge in [0.2, 0.25) is 5.91 Å². The number of nitrogens with one attached hydrogen (secondary N) is 1. The number of amides is 1. The van der Waals surface area contributed by atoms with Gasteiger partial charge in [0.05, 0.1) is 0 Å². The van der Waals surface area contributed by atoms with Crippen LogP contribution in [0.3, 0.4) is 0 Å². The molecule has 0 atom stereocenters. The Hall–Kier alpha value is -3.23. The van der Waals surface area contributed by atoms with Gasteiger partial charge in [0.15, 0.2) is 6.61 Å². The van der Waals surface area contributed by atoms with Crippen molar-refractivity contribution < 1.29 is 37.3 Å². The fraction of sp³-hybridized carbons (Fsp3) is 0.263. The Labute approximate surface area is 158 Å². The van der Waals surface area contributed by atoms with Crippen LogP contribution in [0.15, 0.2) is 42.5 Å². The summed E-state index contributed by atoms with van der Waals surface area (Å²) in [5.41, 5.74) is 1.41. The fourth-order valence-electron chi connectivity index (χ4n) is 2.41. The molecule has 1 amide bonds. The molecule has 28 heavy (non-hydrogen) atoms. The van der Waals surface area contributed by atoms with Gasteiger partial charge < -0.3 is 19.9 Å². The van der Waals surface area contributed by atoms with Gasteiger partial charge in [-0.05, 0) is 48.7 Å². The second-order valence-electron chi connectivity index (χ2n) is 5.86. The second-order valence-corrected chi connectivity index (χ2v) is 5.86. The minimum atomic E-state index is -4.81. The number of ether oxygens (including phenoxy) is 2. The van der Waals surface area contributed by atoms with E-state index >= 15 is 0 Å². The van der Waals surface area contributed by atoms with E-state index in [0.717, 1.165) is 0 Å². The normalized spacial score (nSPS) is 11.0. The molecular formula is C19H18F3NO5. The summed E-state index contributed by atoms with van der Waals surface area (Å²) in [7, 11) is 0. The Kier molecular flexibility index (Phi) is 6.86. The third-order valence-electron chi connectivity index (χ3n) is 3.65. The molecule has 150 valence electrons. The van der Waals surface area contributed by atoms with Crippen molar-refractivity contribution in [1.82, 2.24) is 0 Å². The number of carbonyl (C=O) groups excluding carboxylic acids is 1. The topological polar surface area (TPSA) is 84.9 Å². The van der Waals surface area contributed by atoms with E-state index in [1.54, 1.807) is 25.1 Å². The lowest BCUT2D eigenvalue weighted by molar-refractivity contribution is -0.274. The maximum Gasteiger partial charge on any atom is 0.573 e. The largest absolute Gasteiger partial charge is 0.573 e. The van der Waals surface area contributed by atoms with Crippen LogP contribution >= 0.6 is 0 Å². The average Bonchev–Trinajstić information content (AvgIpc) is 2.60. The first-order chi connectivity index (χ1) is 13.1. The number of hydrogen-bond donors (Lipinski definition) is 2. The highest BCUT2D eigenvalue weighted by molar-refractivity contribution is 5.91. The Bertz CT molecular complexity index is 852. The van der Waals surface area contributed by atoms with Crippen LogP contribution in [0.1, 0.15) is 17.5 Å². The van der Waals surface area contributed by atoms with Crippen LogP contribution in [0, 0.1) is 6.92 Å². The molecule has 0 aromatic heterocycles. The van der Waals surface area contributed by atoms with Crippen molar-refractivity contribution >= 4 is 17.6 Å². The van der Waals surface area contributed by atoms with Gasteiger partial charge in [-0.3, -0.25) is 4.79 Å². The summed E-state index contributed by atoms with van der Waals surface area (Å²) in [5.74, 6) is -1.48. The molecule has 0 spiro atoms. The van der Waals surface area contributed by atoms with Gasteiger partial charge in [0.25, 0.3) is 0 Å². The third kappa shape index (κ3) is 6.82. The molecule has 0 aliphatic carbocycles. The summed E-state index contributed by atoms with van der Waals surface area (Å²) in [5, 5.41) is 11.3. The van der Waals surface area contributed by atoms with Gasteiger partial charge in [-0.15, -0.1) is 13.2 Å². The zero-order valence-electron chi connectivity index (χ0n) is 14.9. The Morgan fingerprint density at radius 2 is 1.86 bits per heavy atom. The Morgan fingerprint density at radius 1 is 1.14 bits per heavy atom. The summed E-state index contributed by atoms with van der Waals surface area (Å²) in [6, 6.07) is 10.3. The molecule has 0 aliphatic rings. The number of carbonyl (C=O) groups is 2. The number of alkyl halides is 3. The highest BCUT2D eigenvalue weighted by Gasteiger charge is 2.31. The average molecular weight is 397 g/mol. The number of para-hydroxylation sites is 1. The molecule has 0 heterocycles. The van der Waals surface area contributed by atoms with Gasteiger partial charge in [0.1, 0.15) is 11.5 Å².